The molecule has 1 unspecified atom stereocenters. The van der Waals surface area contributed by atoms with Crippen LogP contribution in [0.2, 0.25) is 0 Å². The molecule has 0 aromatic heterocycles. The Morgan fingerprint density at radius 3 is 2.68 bits per heavy atom. The molecular weight excluding hydrogens is 246 g/mol. The number of aryl methyl sites for hydroxylation is 1. The molecule has 1 aromatic carbocycles. The molecule has 1 aliphatic rings. The lowest BCUT2D eigenvalue weighted by Gasteiger charge is -2.23. The minimum absolute atomic E-state index is 0.0433. The van der Waals surface area contributed by atoms with Gasteiger partial charge in [0.1, 0.15) is 0 Å². The Morgan fingerprint density at radius 1 is 1.37 bits per heavy atom. The van der Waals surface area contributed by atoms with Crippen LogP contribution < -0.4 is 5.73 Å². The Morgan fingerprint density at radius 2 is 2.11 bits per heavy atom. The molecule has 1 amide bonds. The van der Waals surface area contributed by atoms with Gasteiger partial charge in [-0.2, -0.15) is 0 Å². The Kier molecular flexibility index (Phi) is 4.16. The van der Waals surface area contributed by atoms with E-state index in [1.165, 1.54) is 12.0 Å². The van der Waals surface area contributed by atoms with E-state index in [1.54, 1.807) is 0 Å². The van der Waals surface area contributed by atoms with E-state index in [-0.39, 0.29) is 6.42 Å². The van der Waals surface area contributed by atoms with Gasteiger partial charge in [-0.25, -0.2) is 0 Å². The second-order valence-corrected chi connectivity index (χ2v) is 4.35. The van der Waals surface area contributed by atoms with Crippen LogP contribution in [0.15, 0.2) is 30.3 Å². The fraction of sp³-hybridized carbons (Fsp3) is 0.357. The molecule has 19 heavy (non-hydrogen) atoms. The summed E-state index contributed by atoms with van der Waals surface area (Å²) in [5.74, 6) is -2.96. The van der Waals surface area contributed by atoms with Crippen LogP contribution in [0.3, 0.4) is 0 Å². The van der Waals surface area contributed by atoms with E-state index in [9.17, 15) is 9.59 Å². The lowest BCUT2D eigenvalue weighted by Crippen LogP contribution is -2.46. The van der Waals surface area contributed by atoms with Crippen molar-refractivity contribution in [2.24, 2.45) is 5.73 Å². The maximum absolute atomic E-state index is 11.3. The predicted molar refractivity (Wildman–Crippen MR) is 67.6 cm³/mol. The third-order valence-corrected chi connectivity index (χ3v) is 2.92. The number of carbonyl (C=O) groups excluding carboxylic acids is 2. The number of primary amides is 1. The Labute approximate surface area is 111 Å². The zero-order valence-corrected chi connectivity index (χ0v) is 10.5. The molecule has 0 aliphatic carbocycles. The summed E-state index contributed by atoms with van der Waals surface area (Å²) >= 11 is 0. The van der Waals surface area contributed by atoms with Crippen molar-refractivity contribution in [2.45, 2.75) is 25.0 Å². The van der Waals surface area contributed by atoms with Crippen molar-refractivity contribution >= 4 is 11.9 Å². The molecule has 1 heterocycles. The molecule has 0 bridgehead atoms. The van der Waals surface area contributed by atoms with E-state index in [2.05, 4.69) is 0 Å². The molecule has 1 saturated heterocycles. The van der Waals surface area contributed by atoms with Crippen LogP contribution in [0, 0.1) is 6.42 Å². The molecule has 0 spiro atoms. The van der Waals surface area contributed by atoms with Gasteiger partial charge in [0.05, 0.1) is 19.4 Å². The zero-order chi connectivity index (χ0) is 13.7. The first-order valence-corrected chi connectivity index (χ1v) is 6.16. The third-order valence-electron chi connectivity index (χ3n) is 2.92. The summed E-state index contributed by atoms with van der Waals surface area (Å²) in [6.07, 6.45) is 2.95. The van der Waals surface area contributed by atoms with E-state index in [1.807, 2.05) is 30.3 Å². The van der Waals surface area contributed by atoms with E-state index in [0.717, 1.165) is 6.42 Å². The van der Waals surface area contributed by atoms with Gasteiger partial charge in [-0.05, 0) is 18.4 Å². The predicted octanol–water partition coefficient (Wildman–Crippen LogP) is 0.969. The van der Waals surface area contributed by atoms with Crippen LogP contribution in [0.1, 0.15) is 18.4 Å². The largest absolute Gasteiger partial charge is 0.423 e. The zero-order valence-electron chi connectivity index (χ0n) is 10.5. The smallest absolute Gasteiger partial charge is 0.309 e. The van der Waals surface area contributed by atoms with Crippen LogP contribution in [-0.2, 0) is 25.5 Å². The van der Waals surface area contributed by atoms with Crippen LogP contribution >= 0.6 is 0 Å². The first-order valence-electron chi connectivity index (χ1n) is 6.16. The average molecular weight is 262 g/mol. The quantitative estimate of drug-likeness (QED) is 0.612. The molecule has 5 nitrogen and oxygen atoms in total. The number of benzene rings is 1. The maximum atomic E-state index is 11.3. The summed E-state index contributed by atoms with van der Waals surface area (Å²) in [6.45, 7) is 0.293. The highest BCUT2D eigenvalue weighted by Crippen LogP contribution is 2.27. The summed E-state index contributed by atoms with van der Waals surface area (Å²) in [6, 6.07) is 9.92. The summed E-state index contributed by atoms with van der Waals surface area (Å²) in [5, 5.41) is 0. The van der Waals surface area contributed by atoms with Gasteiger partial charge in [0.25, 0.3) is 11.7 Å². The number of hydrogen-bond donors (Lipinski definition) is 1. The van der Waals surface area contributed by atoms with Crippen molar-refractivity contribution in [3.05, 3.63) is 42.3 Å². The van der Waals surface area contributed by atoms with Gasteiger partial charge in [-0.1, -0.05) is 30.3 Å². The summed E-state index contributed by atoms with van der Waals surface area (Å²) in [4.78, 5) is 22.4. The average Bonchev–Trinajstić information content (AvgIpc) is 2.79. The number of nitrogens with two attached hydrogens (primary N) is 1. The van der Waals surface area contributed by atoms with E-state index in [4.69, 9.17) is 15.2 Å². The molecule has 1 aliphatic heterocycles. The van der Waals surface area contributed by atoms with Crippen LogP contribution in [0.4, 0.5) is 0 Å². The van der Waals surface area contributed by atoms with Crippen molar-refractivity contribution in [1.82, 2.24) is 0 Å². The van der Waals surface area contributed by atoms with E-state index < -0.39 is 17.7 Å². The first kappa shape index (κ1) is 13.5. The maximum Gasteiger partial charge on any atom is 0.309 e. The third kappa shape index (κ3) is 3.32. The fourth-order valence-electron chi connectivity index (χ4n) is 1.93. The van der Waals surface area contributed by atoms with Gasteiger partial charge in [0.15, 0.2) is 0 Å². The lowest BCUT2D eigenvalue weighted by atomic mass is 10.1. The van der Waals surface area contributed by atoms with Crippen molar-refractivity contribution in [3.63, 3.8) is 0 Å². The number of amides is 1. The second kappa shape index (κ2) is 5.84. The van der Waals surface area contributed by atoms with Gasteiger partial charge >= 0.3 is 5.97 Å². The molecule has 0 saturated carbocycles. The summed E-state index contributed by atoms with van der Waals surface area (Å²) in [7, 11) is 0. The standard InChI is InChI=1S/C14H16NO4/c15-13(17)14(9-8-12(16)19-14)18-10-4-7-11-5-2-1-3-6-11/h1-3,5-6,9H,4,7-8,10H2,(H2,15,17). The SMILES string of the molecule is NC(=O)C1(OCCCc2ccccc2)[CH]CC(=O)O1. The Hall–Kier alpha value is -1.88. The normalized spacial score (nSPS) is 22.2. The highest BCUT2D eigenvalue weighted by Gasteiger charge is 2.47. The fourth-order valence-corrected chi connectivity index (χ4v) is 1.93. The summed E-state index contributed by atoms with van der Waals surface area (Å²) in [5.41, 5.74) is 6.40. The highest BCUT2D eigenvalue weighted by atomic mass is 16.7. The molecule has 2 N–H and O–H groups in total. The van der Waals surface area contributed by atoms with Crippen LogP contribution in [0.25, 0.3) is 0 Å². The second-order valence-electron chi connectivity index (χ2n) is 4.35. The van der Waals surface area contributed by atoms with Crippen molar-refractivity contribution < 1.29 is 19.1 Å². The number of carbonyl (C=O) groups is 2. The molecular formula is C14H16NO4. The van der Waals surface area contributed by atoms with Crippen LogP contribution in [0.5, 0.6) is 0 Å². The van der Waals surface area contributed by atoms with E-state index in [0.29, 0.717) is 13.0 Å². The first-order chi connectivity index (χ1) is 9.12. The highest BCUT2D eigenvalue weighted by molar-refractivity contribution is 5.90. The minimum atomic E-state index is -1.67. The molecule has 1 radical (unpaired) electrons. The molecule has 2 rings (SSSR count). The summed E-state index contributed by atoms with van der Waals surface area (Å²) < 4.78 is 10.2. The van der Waals surface area contributed by atoms with Gasteiger partial charge < -0.3 is 15.2 Å². The van der Waals surface area contributed by atoms with E-state index >= 15 is 0 Å². The topological polar surface area (TPSA) is 78.6 Å². The number of rotatable bonds is 6. The Bertz CT molecular complexity index is 460. The lowest BCUT2D eigenvalue weighted by molar-refractivity contribution is -0.202. The van der Waals surface area contributed by atoms with Gasteiger partial charge in [0.2, 0.25) is 0 Å². The molecule has 1 atom stereocenters. The van der Waals surface area contributed by atoms with Gasteiger partial charge in [0, 0.05) is 0 Å². The number of esters is 1. The minimum Gasteiger partial charge on any atom is -0.423 e. The van der Waals surface area contributed by atoms with Crippen molar-refractivity contribution in [3.8, 4) is 0 Å². The molecule has 1 aromatic rings. The Balaban J connectivity index is 1.81. The molecule has 101 valence electrons. The van der Waals surface area contributed by atoms with Crippen molar-refractivity contribution in [2.75, 3.05) is 6.61 Å². The number of hydrogen-bond acceptors (Lipinski definition) is 4. The van der Waals surface area contributed by atoms with Gasteiger partial charge in [-0.3, -0.25) is 9.59 Å². The molecule has 1 fully saturated rings. The molecule has 5 heteroatoms. The van der Waals surface area contributed by atoms with Gasteiger partial charge in [-0.15, -0.1) is 0 Å². The number of cyclic esters (lactones) is 1. The van der Waals surface area contributed by atoms with Crippen LogP contribution in [-0.4, -0.2) is 24.3 Å². The number of ether oxygens (including phenoxy) is 2. The van der Waals surface area contributed by atoms with Crippen molar-refractivity contribution in [1.29, 1.82) is 0 Å². The monoisotopic (exact) mass is 262 g/mol.